The molecule has 0 aromatic heterocycles. The van der Waals surface area contributed by atoms with E-state index >= 15 is 0 Å². The Kier molecular flexibility index (Phi) is 4.48. The number of hydrogen-bond acceptors (Lipinski definition) is 3. The van der Waals surface area contributed by atoms with Crippen molar-refractivity contribution >= 4 is 5.91 Å². The summed E-state index contributed by atoms with van der Waals surface area (Å²) in [5, 5.41) is 19.0. The minimum Gasteiger partial charge on any atom is -0.507 e. The van der Waals surface area contributed by atoms with Gasteiger partial charge in [0, 0.05) is 24.2 Å². The summed E-state index contributed by atoms with van der Waals surface area (Å²) in [6.45, 7) is 1.07. The van der Waals surface area contributed by atoms with Crippen LogP contribution in [0, 0.1) is 23.1 Å². The number of amides is 1. The van der Waals surface area contributed by atoms with Crippen molar-refractivity contribution in [1.29, 1.82) is 5.26 Å². The van der Waals surface area contributed by atoms with Crippen molar-refractivity contribution in [3.63, 3.8) is 0 Å². The van der Waals surface area contributed by atoms with E-state index in [1.807, 2.05) is 0 Å². The van der Waals surface area contributed by atoms with Crippen LogP contribution in [-0.4, -0.2) is 29.0 Å². The normalized spacial score (nSPS) is 17.3. The first-order valence-electron chi connectivity index (χ1n) is 7.86. The molecule has 5 heteroatoms. The molecule has 1 N–H and O–H groups in total. The van der Waals surface area contributed by atoms with Gasteiger partial charge in [-0.05, 0) is 48.7 Å². The fourth-order valence-corrected chi connectivity index (χ4v) is 3.01. The summed E-state index contributed by atoms with van der Waals surface area (Å²) in [5.41, 5.74) is 1.39. The smallest absolute Gasteiger partial charge is 0.253 e. The van der Waals surface area contributed by atoms with E-state index in [2.05, 4.69) is 6.07 Å². The standard InChI is InChI=1S/C19H17FN2O2/c20-16-6-7-18(23)17(10-16)14-4-1-5-15(9-14)19(24)22-8-2-3-13(11-21)12-22/h1,4-7,9-10,13,23H,2-3,8,12H2/t13-/m1/s1. The third-order valence-corrected chi connectivity index (χ3v) is 4.27. The van der Waals surface area contributed by atoms with E-state index in [1.165, 1.54) is 18.2 Å². The van der Waals surface area contributed by atoms with Gasteiger partial charge in [0.15, 0.2) is 0 Å². The number of benzene rings is 2. The quantitative estimate of drug-likeness (QED) is 0.918. The van der Waals surface area contributed by atoms with Crippen LogP contribution in [0.2, 0.25) is 0 Å². The lowest BCUT2D eigenvalue weighted by molar-refractivity contribution is 0.0699. The number of carbonyl (C=O) groups excluding carboxylic acids is 1. The Balaban J connectivity index is 1.89. The van der Waals surface area contributed by atoms with Crippen molar-refractivity contribution in [2.75, 3.05) is 13.1 Å². The molecule has 0 radical (unpaired) electrons. The van der Waals surface area contributed by atoms with Crippen molar-refractivity contribution in [2.45, 2.75) is 12.8 Å². The minimum atomic E-state index is -0.451. The van der Waals surface area contributed by atoms with E-state index in [0.717, 1.165) is 12.8 Å². The van der Waals surface area contributed by atoms with Crippen LogP contribution in [0.15, 0.2) is 42.5 Å². The highest BCUT2D eigenvalue weighted by Gasteiger charge is 2.24. The molecule has 0 unspecified atom stereocenters. The zero-order valence-corrected chi connectivity index (χ0v) is 13.1. The van der Waals surface area contributed by atoms with Crippen LogP contribution in [0.1, 0.15) is 23.2 Å². The number of likely N-dealkylation sites (tertiary alicyclic amines) is 1. The second-order valence-electron chi connectivity index (χ2n) is 5.96. The van der Waals surface area contributed by atoms with E-state index in [-0.39, 0.29) is 17.6 Å². The summed E-state index contributed by atoms with van der Waals surface area (Å²) in [4.78, 5) is 14.4. The Hall–Kier alpha value is -2.87. The zero-order valence-electron chi connectivity index (χ0n) is 13.1. The van der Waals surface area contributed by atoms with Crippen LogP contribution in [0.3, 0.4) is 0 Å². The van der Waals surface area contributed by atoms with Crippen molar-refractivity contribution in [1.82, 2.24) is 4.90 Å². The maximum Gasteiger partial charge on any atom is 0.253 e. The maximum atomic E-state index is 13.4. The van der Waals surface area contributed by atoms with Gasteiger partial charge in [0.25, 0.3) is 5.91 Å². The molecule has 2 aromatic carbocycles. The first kappa shape index (κ1) is 16.0. The van der Waals surface area contributed by atoms with Gasteiger partial charge in [-0.15, -0.1) is 0 Å². The molecular formula is C19H17FN2O2. The topological polar surface area (TPSA) is 64.3 Å². The zero-order chi connectivity index (χ0) is 17.1. The lowest BCUT2D eigenvalue weighted by Crippen LogP contribution is -2.39. The van der Waals surface area contributed by atoms with Gasteiger partial charge >= 0.3 is 0 Å². The predicted octanol–water partition coefficient (Wildman–Crippen LogP) is 3.57. The Bertz CT molecular complexity index is 813. The number of nitrogens with zero attached hydrogens (tertiary/aromatic N) is 2. The molecule has 1 aliphatic heterocycles. The summed E-state index contributed by atoms with van der Waals surface area (Å²) in [6, 6.07) is 12.7. The number of phenolic OH excluding ortho intramolecular Hbond substituents is 1. The fraction of sp³-hybridized carbons (Fsp3) is 0.263. The van der Waals surface area contributed by atoms with Gasteiger partial charge in [-0.3, -0.25) is 4.79 Å². The van der Waals surface area contributed by atoms with Gasteiger partial charge in [0.2, 0.25) is 0 Å². The van der Waals surface area contributed by atoms with Crippen LogP contribution >= 0.6 is 0 Å². The summed E-state index contributed by atoms with van der Waals surface area (Å²) >= 11 is 0. The highest BCUT2D eigenvalue weighted by Crippen LogP contribution is 2.30. The minimum absolute atomic E-state index is 0.0384. The van der Waals surface area contributed by atoms with Crippen LogP contribution in [0.4, 0.5) is 4.39 Å². The molecule has 1 saturated heterocycles. The summed E-state index contributed by atoms with van der Waals surface area (Å²) in [6.07, 6.45) is 1.63. The number of halogens is 1. The van der Waals surface area contributed by atoms with Crippen molar-refractivity contribution in [3.8, 4) is 22.9 Å². The molecule has 24 heavy (non-hydrogen) atoms. The molecule has 3 rings (SSSR count). The second kappa shape index (κ2) is 6.71. The molecule has 0 aliphatic carbocycles. The molecule has 1 heterocycles. The van der Waals surface area contributed by atoms with Gasteiger partial charge in [-0.1, -0.05) is 12.1 Å². The molecule has 1 fully saturated rings. The Morgan fingerprint density at radius 3 is 2.92 bits per heavy atom. The Morgan fingerprint density at radius 2 is 2.12 bits per heavy atom. The van der Waals surface area contributed by atoms with E-state index in [1.54, 1.807) is 29.2 Å². The van der Waals surface area contributed by atoms with Crippen molar-refractivity contribution in [3.05, 3.63) is 53.8 Å². The molecule has 1 atom stereocenters. The monoisotopic (exact) mass is 324 g/mol. The number of piperidine rings is 1. The first-order chi connectivity index (χ1) is 11.6. The highest BCUT2D eigenvalue weighted by molar-refractivity contribution is 5.95. The summed E-state index contributed by atoms with van der Waals surface area (Å²) in [7, 11) is 0. The summed E-state index contributed by atoms with van der Waals surface area (Å²) < 4.78 is 13.4. The Labute approximate surface area is 139 Å². The first-order valence-corrected chi connectivity index (χ1v) is 7.86. The maximum absolute atomic E-state index is 13.4. The number of aromatic hydroxyl groups is 1. The molecular weight excluding hydrogens is 307 g/mol. The van der Waals surface area contributed by atoms with E-state index in [9.17, 15) is 14.3 Å². The number of hydrogen-bond donors (Lipinski definition) is 1. The third kappa shape index (κ3) is 3.23. The van der Waals surface area contributed by atoms with Gasteiger partial charge in [-0.25, -0.2) is 4.39 Å². The van der Waals surface area contributed by atoms with E-state index in [0.29, 0.717) is 29.8 Å². The summed E-state index contributed by atoms with van der Waals surface area (Å²) in [5.74, 6) is -0.762. The van der Waals surface area contributed by atoms with Gasteiger partial charge < -0.3 is 10.0 Å². The van der Waals surface area contributed by atoms with Crippen LogP contribution in [0.5, 0.6) is 5.75 Å². The number of carbonyl (C=O) groups is 1. The number of nitriles is 1. The lowest BCUT2D eigenvalue weighted by Gasteiger charge is -2.29. The van der Waals surface area contributed by atoms with Gasteiger partial charge in [-0.2, -0.15) is 5.26 Å². The number of phenols is 1. The van der Waals surface area contributed by atoms with Gasteiger partial charge in [0.05, 0.1) is 12.0 Å². The highest BCUT2D eigenvalue weighted by atomic mass is 19.1. The van der Waals surface area contributed by atoms with Crippen LogP contribution in [0.25, 0.3) is 11.1 Å². The largest absolute Gasteiger partial charge is 0.507 e. The molecule has 0 bridgehead atoms. The average Bonchev–Trinajstić information content (AvgIpc) is 2.63. The third-order valence-electron chi connectivity index (χ3n) is 4.27. The number of rotatable bonds is 2. The molecule has 4 nitrogen and oxygen atoms in total. The molecule has 1 aliphatic rings. The lowest BCUT2D eigenvalue weighted by atomic mass is 9.98. The van der Waals surface area contributed by atoms with Crippen LogP contribution in [-0.2, 0) is 0 Å². The van der Waals surface area contributed by atoms with Crippen molar-refractivity contribution in [2.24, 2.45) is 5.92 Å². The fourth-order valence-electron chi connectivity index (χ4n) is 3.01. The molecule has 1 amide bonds. The van der Waals surface area contributed by atoms with Gasteiger partial charge in [0.1, 0.15) is 11.6 Å². The Morgan fingerprint density at radius 1 is 1.29 bits per heavy atom. The van der Waals surface area contributed by atoms with Crippen LogP contribution < -0.4 is 0 Å². The van der Waals surface area contributed by atoms with Crippen molar-refractivity contribution < 1.29 is 14.3 Å². The molecule has 0 spiro atoms. The SMILES string of the molecule is N#C[C@H]1CCCN(C(=O)c2cccc(-c3cc(F)ccc3O)c2)C1. The van der Waals surface area contributed by atoms with E-state index in [4.69, 9.17) is 5.26 Å². The molecule has 122 valence electrons. The van der Waals surface area contributed by atoms with E-state index < -0.39 is 5.82 Å². The molecule has 0 saturated carbocycles. The predicted molar refractivity (Wildman–Crippen MR) is 87.7 cm³/mol. The average molecular weight is 324 g/mol. The molecule has 2 aromatic rings. The second-order valence-corrected chi connectivity index (χ2v) is 5.96.